The molecule has 2 rings (SSSR count). The van der Waals surface area contributed by atoms with Crippen LogP contribution in [-0.2, 0) is 16.0 Å². The van der Waals surface area contributed by atoms with Crippen LogP contribution in [0.2, 0.25) is 0 Å². The molecular formula is C21H25FN2O2. The van der Waals surface area contributed by atoms with Crippen molar-refractivity contribution >= 4 is 17.5 Å². The fraction of sp³-hybridized carbons (Fsp3) is 0.333. The van der Waals surface area contributed by atoms with E-state index in [9.17, 15) is 14.0 Å². The second-order valence-electron chi connectivity index (χ2n) is 6.61. The van der Waals surface area contributed by atoms with Crippen molar-refractivity contribution in [1.29, 1.82) is 0 Å². The number of halogens is 1. The van der Waals surface area contributed by atoms with Gasteiger partial charge in [0.15, 0.2) is 0 Å². The summed E-state index contributed by atoms with van der Waals surface area (Å²) in [5.74, 6) is -0.366. The van der Waals surface area contributed by atoms with Crippen LogP contribution < -0.4 is 5.32 Å². The second kappa shape index (κ2) is 9.13. The van der Waals surface area contributed by atoms with E-state index in [0.717, 1.165) is 0 Å². The molecule has 0 saturated carbocycles. The number of hydrogen-bond acceptors (Lipinski definition) is 2. The largest absolute Gasteiger partial charge is 0.333 e. The predicted octanol–water partition coefficient (Wildman–Crippen LogP) is 3.98. The Morgan fingerprint density at radius 2 is 1.73 bits per heavy atom. The van der Waals surface area contributed by atoms with Gasteiger partial charge in [0, 0.05) is 19.2 Å². The van der Waals surface area contributed by atoms with Crippen LogP contribution >= 0.6 is 0 Å². The van der Waals surface area contributed by atoms with Gasteiger partial charge in [0.05, 0.1) is 6.54 Å². The maximum atomic E-state index is 13.7. The van der Waals surface area contributed by atoms with E-state index in [4.69, 9.17) is 0 Å². The minimum Gasteiger partial charge on any atom is -0.333 e. The van der Waals surface area contributed by atoms with Gasteiger partial charge in [0.25, 0.3) is 0 Å². The van der Waals surface area contributed by atoms with Gasteiger partial charge in [0.1, 0.15) is 5.82 Å². The number of nitrogens with zero attached hydrogens (tertiary/aromatic N) is 1. The topological polar surface area (TPSA) is 49.4 Å². The van der Waals surface area contributed by atoms with Crippen LogP contribution in [0.25, 0.3) is 0 Å². The maximum Gasteiger partial charge on any atom is 0.243 e. The van der Waals surface area contributed by atoms with E-state index in [1.54, 1.807) is 18.2 Å². The Kier molecular flexibility index (Phi) is 6.89. The normalized spacial score (nSPS) is 10.7. The molecule has 138 valence electrons. The molecule has 2 amide bonds. The van der Waals surface area contributed by atoms with E-state index in [-0.39, 0.29) is 30.7 Å². The third-order valence-corrected chi connectivity index (χ3v) is 4.25. The smallest absolute Gasteiger partial charge is 0.243 e. The molecule has 2 aromatic carbocycles. The third-order valence-electron chi connectivity index (χ3n) is 4.25. The minimum absolute atomic E-state index is 0.0598. The summed E-state index contributed by atoms with van der Waals surface area (Å²) in [6, 6.07) is 14.1. The highest BCUT2D eigenvalue weighted by molar-refractivity contribution is 5.94. The van der Waals surface area contributed by atoms with Crippen molar-refractivity contribution < 1.29 is 14.0 Å². The van der Waals surface area contributed by atoms with Gasteiger partial charge in [-0.25, -0.2) is 4.39 Å². The summed E-state index contributed by atoms with van der Waals surface area (Å²) in [5, 5.41) is 2.80. The Balaban J connectivity index is 1.93. The van der Waals surface area contributed by atoms with Crippen molar-refractivity contribution in [3.63, 3.8) is 0 Å². The Hall–Kier alpha value is -2.69. The third kappa shape index (κ3) is 5.69. The first-order valence-corrected chi connectivity index (χ1v) is 8.75. The number of benzene rings is 2. The van der Waals surface area contributed by atoms with Gasteiger partial charge in [0.2, 0.25) is 11.8 Å². The zero-order chi connectivity index (χ0) is 19.1. The van der Waals surface area contributed by atoms with Crippen molar-refractivity contribution in [2.75, 3.05) is 18.4 Å². The van der Waals surface area contributed by atoms with Gasteiger partial charge in [-0.05, 0) is 41.7 Å². The average molecular weight is 356 g/mol. The first kappa shape index (κ1) is 19.6. The van der Waals surface area contributed by atoms with Crippen molar-refractivity contribution in [3.8, 4) is 0 Å². The highest BCUT2D eigenvalue weighted by Gasteiger charge is 2.14. The molecule has 0 radical (unpaired) electrons. The predicted molar refractivity (Wildman–Crippen MR) is 102 cm³/mol. The Morgan fingerprint density at radius 3 is 2.31 bits per heavy atom. The molecule has 0 aliphatic heterocycles. The number of amides is 2. The summed E-state index contributed by atoms with van der Waals surface area (Å²) in [5.41, 5.74) is 2.42. The van der Waals surface area contributed by atoms with Crippen LogP contribution in [0.3, 0.4) is 0 Å². The van der Waals surface area contributed by atoms with Crippen molar-refractivity contribution in [1.82, 2.24) is 4.90 Å². The lowest BCUT2D eigenvalue weighted by molar-refractivity contribution is -0.132. The van der Waals surface area contributed by atoms with Crippen LogP contribution in [-0.4, -0.2) is 29.8 Å². The molecule has 2 aromatic rings. The molecule has 0 bridgehead atoms. The molecule has 0 aliphatic rings. The molecule has 5 heteroatoms. The molecule has 1 N–H and O–H groups in total. The van der Waals surface area contributed by atoms with Gasteiger partial charge in [-0.2, -0.15) is 0 Å². The van der Waals surface area contributed by atoms with Crippen LogP contribution in [0.4, 0.5) is 10.1 Å². The van der Waals surface area contributed by atoms with E-state index in [1.807, 2.05) is 24.3 Å². The number of carbonyl (C=O) groups excluding carboxylic acids is 2. The van der Waals surface area contributed by atoms with E-state index >= 15 is 0 Å². The fourth-order valence-electron chi connectivity index (χ4n) is 2.63. The molecule has 0 spiro atoms. The Labute approximate surface area is 154 Å². The van der Waals surface area contributed by atoms with Gasteiger partial charge in [-0.3, -0.25) is 9.59 Å². The summed E-state index contributed by atoms with van der Waals surface area (Å²) in [6.07, 6.45) is 0.364. The van der Waals surface area contributed by atoms with Gasteiger partial charge >= 0.3 is 0 Å². The summed E-state index contributed by atoms with van der Waals surface area (Å²) in [6.45, 7) is 5.85. The zero-order valence-corrected chi connectivity index (χ0v) is 15.5. The van der Waals surface area contributed by atoms with E-state index in [0.29, 0.717) is 23.6 Å². The standard InChI is InChI=1S/C21H25FN2O2/c1-15(2)17-8-10-19(11-9-17)23-21(26)14-24(16(3)25)13-12-18-6-4-5-7-20(18)22/h4-11,15H,12-14H2,1-3H3,(H,23,26). The van der Waals surface area contributed by atoms with Crippen LogP contribution in [0.5, 0.6) is 0 Å². The van der Waals surface area contributed by atoms with Gasteiger partial charge in [-0.15, -0.1) is 0 Å². The van der Waals surface area contributed by atoms with Crippen LogP contribution in [0, 0.1) is 5.82 Å². The molecule has 0 aliphatic carbocycles. The molecule has 4 nitrogen and oxygen atoms in total. The van der Waals surface area contributed by atoms with Crippen molar-refractivity contribution in [2.24, 2.45) is 0 Å². The monoisotopic (exact) mass is 356 g/mol. The van der Waals surface area contributed by atoms with Crippen LogP contribution in [0.15, 0.2) is 48.5 Å². The molecule has 0 saturated heterocycles. The summed E-state index contributed by atoms with van der Waals surface area (Å²) in [4.78, 5) is 25.5. The van der Waals surface area contributed by atoms with Crippen molar-refractivity contribution in [3.05, 3.63) is 65.5 Å². The first-order valence-electron chi connectivity index (χ1n) is 8.75. The second-order valence-corrected chi connectivity index (χ2v) is 6.61. The number of anilines is 1. The molecule has 0 heterocycles. The number of hydrogen-bond donors (Lipinski definition) is 1. The van der Waals surface area contributed by atoms with E-state index in [2.05, 4.69) is 19.2 Å². The minimum atomic E-state index is -0.300. The maximum absolute atomic E-state index is 13.7. The van der Waals surface area contributed by atoms with Gasteiger partial charge < -0.3 is 10.2 Å². The van der Waals surface area contributed by atoms with Crippen LogP contribution in [0.1, 0.15) is 37.8 Å². The Morgan fingerprint density at radius 1 is 1.08 bits per heavy atom. The lowest BCUT2D eigenvalue weighted by Crippen LogP contribution is -2.38. The average Bonchev–Trinajstić information content (AvgIpc) is 2.60. The van der Waals surface area contributed by atoms with Gasteiger partial charge in [-0.1, -0.05) is 44.2 Å². The molecule has 0 fully saturated rings. The molecule has 0 unspecified atom stereocenters. The quantitative estimate of drug-likeness (QED) is 0.816. The first-order chi connectivity index (χ1) is 12.4. The SMILES string of the molecule is CC(=O)N(CCc1ccccc1F)CC(=O)Nc1ccc(C(C)C)cc1. The highest BCUT2D eigenvalue weighted by atomic mass is 19.1. The number of carbonyl (C=O) groups is 2. The molecule has 0 atom stereocenters. The van der Waals surface area contributed by atoms with Crippen molar-refractivity contribution in [2.45, 2.75) is 33.1 Å². The number of nitrogens with one attached hydrogen (secondary N) is 1. The molecule has 0 aromatic heterocycles. The zero-order valence-electron chi connectivity index (χ0n) is 15.5. The lowest BCUT2D eigenvalue weighted by Gasteiger charge is -2.20. The molecular weight excluding hydrogens is 331 g/mol. The fourth-order valence-corrected chi connectivity index (χ4v) is 2.63. The summed E-state index contributed by atoms with van der Waals surface area (Å²) in [7, 11) is 0. The number of rotatable bonds is 7. The summed E-state index contributed by atoms with van der Waals surface area (Å²) < 4.78 is 13.7. The molecule has 26 heavy (non-hydrogen) atoms. The lowest BCUT2D eigenvalue weighted by atomic mass is 10.0. The highest BCUT2D eigenvalue weighted by Crippen LogP contribution is 2.17. The van der Waals surface area contributed by atoms with E-state index in [1.165, 1.54) is 23.5 Å². The van der Waals surface area contributed by atoms with E-state index < -0.39 is 0 Å². The Bertz CT molecular complexity index is 757. The summed E-state index contributed by atoms with van der Waals surface area (Å²) >= 11 is 0.